The number of piperazine rings is 1. The molecule has 3 N–H and O–H groups in total. The summed E-state index contributed by atoms with van der Waals surface area (Å²) in [6, 6.07) is 6.77. The molecule has 7 rings (SSSR count). The lowest BCUT2D eigenvalue weighted by Crippen LogP contribution is -2.52. The molecule has 0 radical (unpaired) electrons. The van der Waals surface area contributed by atoms with Crippen LogP contribution in [0.15, 0.2) is 41.3 Å². The van der Waals surface area contributed by atoms with Crippen molar-refractivity contribution in [2.75, 3.05) is 79.9 Å². The molecule has 3 fully saturated rings. The molecule has 0 spiro atoms. The van der Waals surface area contributed by atoms with Gasteiger partial charge in [-0.3, -0.25) is 14.9 Å². The Hall–Kier alpha value is -3.46. The van der Waals surface area contributed by atoms with Gasteiger partial charge in [0.2, 0.25) is 11.8 Å². The van der Waals surface area contributed by atoms with E-state index >= 15 is 0 Å². The van der Waals surface area contributed by atoms with Gasteiger partial charge in [-0.15, -0.1) is 0 Å². The molecule has 1 aliphatic carbocycles. The number of benzene rings is 1. The monoisotopic (exact) mass is 705 g/mol. The average Bonchev–Trinajstić information content (AvgIpc) is 3.93. The van der Waals surface area contributed by atoms with Gasteiger partial charge in [-0.25, -0.2) is 4.98 Å². The van der Waals surface area contributed by atoms with Gasteiger partial charge in [0.1, 0.15) is 22.8 Å². The van der Waals surface area contributed by atoms with E-state index in [0.717, 1.165) is 77.4 Å². The molecule has 0 unspecified atom stereocenters. The van der Waals surface area contributed by atoms with Gasteiger partial charge in [0.25, 0.3) is 0 Å². The van der Waals surface area contributed by atoms with Crippen LogP contribution < -0.4 is 25.0 Å². The van der Waals surface area contributed by atoms with Crippen molar-refractivity contribution in [1.82, 2.24) is 34.7 Å². The predicted molar refractivity (Wildman–Crippen MR) is 190 cm³/mol. The largest absolute Gasteiger partial charge is 0.479 e. The second kappa shape index (κ2) is 13.7. The number of halogens is 1. The van der Waals surface area contributed by atoms with E-state index in [0.29, 0.717) is 29.6 Å². The van der Waals surface area contributed by atoms with E-state index in [1.807, 2.05) is 18.4 Å². The van der Waals surface area contributed by atoms with E-state index in [1.54, 1.807) is 25.7 Å². The molecule has 3 aromatic heterocycles. The molecule has 46 heavy (non-hydrogen) atoms. The fourth-order valence-corrected chi connectivity index (χ4v) is 7.14. The van der Waals surface area contributed by atoms with Crippen LogP contribution >= 0.6 is 27.9 Å². The number of likely N-dealkylation sites (N-methyl/N-ethyl adjacent to an activating group) is 1. The van der Waals surface area contributed by atoms with Crippen molar-refractivity contribution in [2.45, 2.75) is 37.6 Å². The van der Waals surface area contributed by atoms with E-state index < -0.39 is 0 Å². The Balaban J connectivity index is 1.11. The highest BCUT2D eigenvalue weighted by Crippen LogP contribution is 2.47. The van der Waals surface area contributed by atoms with Gasteiger partial charge in [-0.05, 0) is 72.8 Å². The number of hydrogen-bond acceptors (Lipinski definition) is 13. The summed E-state index contributed by atoms with van der Waals surface area (Å²) >= 11 is 5.11. The SMILES string of the molecule is COc1nc(N2CCC(N3CCN(C)CC3)CC2)c(C2CC2)cc1Nc1ncc(Br)c(Nc2ccc3nccnc3c2NSC)n1. The van der Waals surface area contributed by atoms with Crippen molar-refractivity contribution < 1.29 is 4.74 Å². The zero-order valence-corrected chi connectivity index (χ0v) is 28.9. The summed E-state index contributed by atoms with van der Waals surface area (Å²) in [5.41, 5.74) is 5.28. The van der Waals surface area contributed by atoms with Crippen molar-refractivity contribution in [2.24, 2.45) is 0 Å². The van der Waals surface area contributed by atoms with Crippen molar-refractivity contribution in [3.05, 3.63) is 46.8 Å². The topological polar surface area (TPSA) is 119 Å². The zero-order chi connectivity index (χ0) is 31.6. The minimum absolute atomic E-state index is 0.438. The molecule has 0 amide bonds. The Morgan fingerprint density at radius 1 is 0.913 bits per heavy atom. The van der Waals surface area contributed by atoms with Crippen LogP contribution in [-0.2, 0) is 0 Å². The maximum atomic E-state index is 5.85. The van der Waals surface area contributed by atoms with Crippen molar-refractivity contribution >= 4 is 73.6 Å². The second-order valence-electron chi connectivity index (χ2n) is 12.1. The van der Waals surface area contributed by atoms with Gasteiger partial charge in [0.15, 0.2) is 0 Å². The number of rotatable bonds is 10. The number of pyridine rings is 1. The van der Waals surface area contributed by atoms with E-state index in [1.165, 1.54) is 43.4 Å². The number of aromatic nitrogens is 5. The molecule has 1 saturated carbocycles. The lowest BCUT2D eigenvalue weighted by Gasteiger charge is -2.42. The van der Waals surface area contributed by atoms with Crippen LogP contribution in [0.2, 0.25) is 0 Å². The molecule has 0 bridgehead atoms. The molecule has 12 nitrogen and oxygen atoms in total. The zero-order valence-electron chi connectivity index (χ0n) is 26.5. The summed E-state index contributed by atoms with van der Waals surface area (Å²) in [6.45, 7) is 6.68. The van der Waals surface area contributed by atoms with Crippen LogP contribution in [0, 0.1) is 0 Å². The fraction of sp³-hybridized carbons (Fsp3) is 0.469. The van der Waals surface area contributed by atoms with Gasteiger partial charge < -0.3 is 29.9 Å². The van der Waals surface area contributed by atoms with Crippen molar-refractivity contribution in [3.8, 4) is 5.88 Å². The molecule has 5 heterocycles. The number of methoxy groups -OCH3 is 1. The minimum atomic E-state index is 0.438. The molecule has 2 saturated heterocycles. The average molecular weight is 707 g/mol. The van der Waals surface area contributed by atoms with E-state index in [4.69, 9.17) is 14.7 Å². The number of hydrogen-bond donors (Lipinski definition) is 3. The number of anilines is 6. The lowest BCUT2D eigenvalue weighted by molar-refractivity contribution is 0.0981. The molecule has 3 aliphatic rings. The summed E-state index contributed by atoms with van der Waals surface area (Å²) < 4.78 is 9.92. The predicted octanol–water partition coefficient (Wildman–Crippen LogP) is 5.86. The molecule has 1 aromatic carbocycles. The lowest BCUT2D eigenvalue weighted by atomic mass is 10.0. The van der Waals surface area contributed by atoms with Crippen molar-refractivity contribution in [3.63, 3.8) is 0 Å². The highest BCUT2D eigenvalue weighted by Gasteiger charge is 2.33. The highest BCUT2D eigenvalue weighted by molar-refractivity contribution is 9.10. The summed E-state index contributed by atoms with van der Waals surface area (Å²) in [6.07, 6.45) is 11.8. The van der Waals surface area contributed by atoms with Crippen LogP contribution in [0.3, 0.4) is 0 Å². The number of ether oxygens (including phenoxy) is 1. The first-order chi connectivity index (χ1) is 22.5. The fourth-order valence-electron chi connectivity index (χ4n) is 6.43. The van der Waals surface area contributed by atoms with Crippen LogP contribution in [-0.4, -0.2) is 100 Å². The van der Waals surface area contributed by atoms with Crippen LogP contribution in [0.25, 0.3) is 11.0 Å². The first kappa shape index (κ1) is 31.2. The summed E-state index contributed by atoms with van der Waals surface area (Å²) in [5.74, 6) is 3.17. The van der Waals surface area contributed by atoms with Crippen LogP contribution in [0.1, 0.15) is 37.2 Å². The molecule has 2 aliphatic heterocycles. The van der Waals surface area contributed by atoms with Crippen LogP contribution in [0.4, 0.5) is 34.6 Å². The van der Waals surface area contributed by atoms with Gasteiger partial charge in [-0.2, -0.15) is 9.97 Å². The number of piperidine rings is 1. The maximum absolute atomic E-state index is 5.85. The number of fused-ring (bicyclic) bond motifs is 1. The Bertz CT molecular complexity index is 1690. The quantitative estimate of drug-likeness (QED) is 0.171. The summed E-state index contributed by atoms with van der Waals surface area (Å²) in [4.78, 5) is 31.1. The smallest absolute Gasteiger partial charge is 0.239 e. The third-order valence-corrected chi connectivity index (χ3v) is 10.1. The molecular weight excluding hydrogens is 666 g/mol. The van der Waals surface area contributed by atoms with E-state index in [9.17, 15) is 0 Å². The second-order valence-corrected chi connectivity index (χ2v) is 13.6. The Morgan fingerprint density at radius 3 is 2.43 bits per heavy atom. The Labute approximate surface area is 282 Å². The standard InChI is InChI=1S/C32H40BrN11OS/c1-42-14-16-43(17-15-42)21-8-12-44(13-9-21)30-22(20-4-5-20)18-26(31(40-30)45-2)38-32-36-19-23(33)29(39-32)37-25-7-6-24-27(28(25)41-46-3)35-11-10-34-24/h6-7,10-11,18-21,41H,4-5,8-9,12-17H2,1-3H3,(H2,36,37,38,39). The molecule has 0 atom stereocenters. The molecular formula is C32H40BrN11OS. The number of nitrogens with one attached hydrogen (secondary N) is 3. The first-order valence-electron chi connectivity index (χ1n) is 15.9. The van der Waals surface area contributed by atoms with Crippen molar-refractivity contribution in [1.29, 1.82) is 0 Å². The molecule has 242 valence electrons. The molecule has 14 heteroatoms. The third-order valence-electron chi connectivity index (χ3n) is 9.11. The highest BCUT2D eigenvalue weighted by atomic mass is 79.9. The number of nitrogens with zero attached hydrogens (tertiary/aromatic N) is 8. The summed E-state index contributed by atoms with van der Waals surface area (Å²) in [5, 5.41) is 6.86. The maximum Gasteiger partial charge on any atom is 0.239 e. The van der Waals surface area contributed by atoms with Gasteiger partial charge in [0.05, 0.1) is 28.5 Å². The molecule has 4 aromatic rings. The first-order valence-corrected chi connectivity index (χ1v) is 17.9. The summed E-state index contributed by atoms with van der Waals surface area (Å²) in [7, 11) is 3.89. The van der Waals surface area contributed by atoms with Gasteiger partial charge in [0, 0.05) is 75.7 Å². The third kappa shape index (κ3) is 6.66. The Kier molecular flexibility index (Phi) is 9.29. The minimum Gasteiger partial charge on any atom is -0.479 e. The van der Waals surface area contributed by atoms with Crippen LogP contribution in [0.5, 0.6) is 5.88 Å². The normalized spacial score (nSPS) is 18.1. The van der Waals surface area contributed by atoms with Gasteiger partial charge >= 0.3 is 0 Å². The van der Waals surface area contributed by atoms with E-state index in [2.05, 4.69) is 74.1 Å². The van der Waals surface area contributed by atoms with Gasteiger partial charge in [-0.1, -0.05) is 11.9 Å². The Morgan fingerprint density at radius 2 is 1.70 bits per heavy atom. The van der Waals surface area contributed by atoms with E-state index in [-0.39, 0.29) is 0 Å².